The molecule has 0 amide bonds. The van der Waals surface area contributed by atoms with Crippen molar-refractivity contribution >= 4 is 22.7 Å². The first kappa shape index (κ1) is 22.9. The van der Waals surface area contributed by atoms with Gasteiger partial charge in [-0.15, -0.1) is 0 Å². The average Bonchev–Trinajstić information content (AvgIpc) is 3.75. The van der Waals surface area contributed by atoms with Gasteiger partial charge in [0.05, 0.1) is 12.7 Å². The van der Waals surface area contributed by atoms with E-state index in [-0.39, 0.29) is 11.7 Å². The third-order valence-corrected chi connectivity index (χ3v) is 7.20. The van der Waals surface area contributed by atoms with Gasteiger partial charge in [-0.3, -0.25) is 9.36 Å². The van der Waals surface area contributed by atoms with Gasteiger partial charge in [0.15, 0.2) is 0 Å². The molecular formula is C29H31N5O2. The van der Waals surface area contributed by atoms with Gasteiger partial charge in [-0.25, -0.2) is 4.98 Å². The van der Waals surface area contributed by atoms with E-state index in [1.165, 1.54) is 18.4 Å². The molecule has 2 aromatic heterocycles. The maximum atomic E-state index is 13.5. The molecule has 7 heteroatoms. The molecule has 1 aliphatic carbocycles. The summed E-state index contributed by atoms with van der Waals surface area (Å²) in [6.07, 6.45) is 4.40. The lowest BCUT2D eigenvalue weighted by Crippen LogP contribution is -2.33. The minimum absolute atomic E-state index is 0.0256. The van der Waals surface area contributed by atoms with Gasteiger partial charge in [0.1, 0.15) is 5.65 Å². The monoisotopic (exact) mass is 481 g/mol. The molecule has 1 aliphatic heterocycles. The zero-order chi connectivity index (χ0) is 24.6. The quantitative estimate of drug-likeness (QED) is 0.400. The summed E-state index contributed by atoms with van der Waals surface area (Å²) >= 11 is 0. The largest absolute Gasteiger partial charge is 0.371 e. The molecule has 2 N–H and O–H groups in total. The Morgan fingerprint density at radius 2 is 1.89 bits per heavy atom. The van der Waals surface area contributed by atoms with E-state index in [9.17, 15) is 4.79 Å². The number of aromatic nitrogens is 3. The Balaban J connectivity index is 1.30. The van der Waals surface area contributed by atoms with E-state index < -0.39 is 0 Å². The van der Waals surface area contributed by atoms with E-state index >= 15 is 0 Å². The normalized spacial score (nSPS) is 17.9. The van der Waals surface area contributed by atoms with Crippen molar-refractivity contribution in [1.82, 2.24) is 19.9 Å². The molecule has 0 radical (unpaired) electrons. The van der Waals surface area contributed by atoms with E-state index in [2.05, 4.69) is 52.9 Å². The molecule has 2 fully saturated rings. The second-order valence-electron chi connectivity index (χ2n) is 9.74. The van der Waals surface area contributed by atoms with Crippen LogP contribution in [0.3, 0.4) is 0 Å². The van der Waals surface area contributed by atoms with Crippen molar-refractivity contribution in [1.29, 1.82) is 0 Å². The van der Waals surface area contributed by atoms with Crippen LogP contribution in [0, 0.1) is 6.92 Å². The number of rotatable bonds is 6. The van der Waals surface area contributed by atoms with E-state index in [4.69, 9.17) is 9.72 Å². The van der Waals surface area contributed by atoms with Gasteiger partial charge in [-0.05, 0) is 73.1 Å². The van der Waals surface area contributed by atoms with Crippen LogP contribution in [-0.4, -0.2) is 34.2 Å². The second kappa shape index (κ2) is 9.48. The number of benzene rings is 2. The number of hydrogen-bond acceptors (Lipinski definition) is 6. The minimum Gasteiger partial charge on any atom is -0.371 e. The molecule has 1 atom stereocenters. The van der Waals surface area contributed by atoms with Crippen LogP contribution in [0.5, 0.6) is 0 Å². The zero-order valence-corrected chi connectivity index (χ0v) is 20.8. The number of ether oxygens (including phenoxy) is 1. The van der Waals surface area contributed by atoms with Crippen LogP contribution in [0.1, 0.15) is 48.5 Å². The van der Waals surface area contributed by atoms with Gasteiger partial charge in [-0.1, -0.05) is 30.3 Å². The highest BCUT2D eigenvalue weighted by Gasteiger charge is 2.24. The van der Waals surface area contributed by atoms with E-state index in [0.717, 1.165) is 47.5 Å². The summed E-state index contributed by atoms with van der Waals surface area (Å²) in [6.45, 7) is 7.04. The average molecular weight is 482 g/mol. The minimum atomic E-state index is -0.0256. The Morgan fingerprint density at radius 1 is 1.08 bits per heavy atom. The Labute approximate surface area is 210 Å². The first-order chi connectivity index (χ1) is 17.6. The van der Waals surface area contributed by atoms with Gasteiger partial charge < -0.3 is 15.4 Å². The molecule has 3 heterocycles. The maximum Gasteiger partial charge on any atom is 0.260 e. The van der Waals surface area contributed by atoms with Crippen molar-refractivity contribution in [2.45, 2.75) is 45.3 Å². The van der Waals surface area contributed by atoms with Gasteiger partial charge in [0.2, 0.25) is 5.95 Å². The second-order valence-corrected chi connectivity index (χ2v) is 9.74. The van der Waals surface area contributed by atoms with E-state index in [0.29, 0.717) is 29.6 Å². The Bertz CT molecular complexity index is 1470. The molecule has 7 nitrogen and oxygen atoms in total. The first-order valence-electron chi connectivity index (χ1n) is 12.8. The summed E-state index contributed by atoms with van der Waals surface area (Å²) in [5, 5.41) is 7.49. The topological polar surface area (TPSA) is 81.1 Å². The number of nitrogens with zero attached hydrogens (tertiary/aromatic N) is 3. The van der Waals surface area contributed by atoms with Crippen molar-refractivity contribution in [3.05, 3.63) is 81.8 Å². The fourth-order valence-electron chi connectivity index (χ4n) is 5.05. The summed E-state index contributed by atoms with van der Waals surface area (Å²) < 4.78 is 7.57. The molecule has 6 rings (SSSR count). The molecule has 184 valence electrons. The first-order valence-corrected chi connectivity index (χ1v) is 12.8. The smallest absolute Gasteiger partial charge is 0.260 e. The van der Waals surface area contributed by atoms with Crippen LogP contribution >= 0.6 is 0 Å². The van der Waals surface area contributed by atoms with Gasteiger partial charge in [-0.2, -0.15) is 4.98 Å². The summed E-state index contributed by atoms with van der Waals surface area (Å²) in [5.74, 6) is 1.15. The summed E-state index contributed by atoms with van der Waals surface area (Å²) in [4.78, 5) is 22.8. The number of pyridine rings is 1. The molecule has 1 saturated heterocycles. The molecular weight excluding hydrogens is 450 g/mol. The van der Waals surface area contributed by atoms with E-state index in [1.807, 2.05) is 25.1 Å². The number of morpholine rings is 1. The number of nitrogens with one attached hydrogen (secondary N) is 2. The van der Waals surface area contributed by atoms with Gasteiger partial charge in [0, 0.05) is 42.5 Å². The molecule has 0 bridgehead atoms. The molecule has 4 aromatic rings. The van der Waals surface area contributed by atoms with Crippen LogP contribution in [0.25, 0.3) is 22.2 Å². The lowest BCUT2D eigenvalue weighted by Gasteiger charge is -2.24. The molecule has 36 heavy (non-hydrogen) atoms. The molecule has 2 aromatic carbocycles. The van der Waals surface area contributed by atoms with Crippen LogP contribution in [0.4, 0.5) is 11.6 Å². The standard InChI is InChI=1S/C29H31N5O2/c1-3-34-27-22(15-25(28(34)35)24-11-8-21(14-18(24)2)19-4-5-19)16-31-29(33-27)32-23-9-6-20(7-10-23)26-17-30-12-13-36-26/h6-11,14-16,19,26,30H,3-5,12-13,17H2,1-2H3,(H,31,32,33). The number of fused-ring (bicyclic) bond motifs is 1. The number of aryl methyl sites for hydroxylation is 2. The van der Waals surface area contributed by atoms with E-state index in [1.54, 1.807) is 10.8 Å². The lowest BCUT2D eigenvalue weighted by atomic mass is 9.97. The highest BCUT2D eigenvalue weighted by atomic mass is 16.5. The molecule has 1 unspecified atom stereocenters. The summed E-state index contributed by atoms with van der Waals surface area (Å²) in [6, 6.07) is 16.6. The summed E-state index contributed by atoms with van der Waals surface area (Å²) in [7, 11) is 0. The van der Waals surface area contributed by atoms with Gasteiger partial charge >= 0.3 is 0 Å². The highest BCUT2D eigenvalue weighted by Crippen LogP contribution is 2.41. The number of hydrogen-bond donors (Lipinski definition) is 2. The predicted molar refractivity (Wildman–Crippen MR) is 143 cm³/mol. The molecule has 1 saturated carbocycles. The third-order valence-electron chi connectivity index (χ3n) is 7.20. The molecule has 2 aliphatic rings. The maximum absolute atomic E-state index is 13.5. The summed E-state index contributed by atoms with van der Waals surface area (Å²) in [5.41, 5.74) is 6.82. The lowest BCUT2D eigenvalue weighted by molar-refractivity contribution is 0.0277. The van der Waals surface area contributed by atoms with Crippen molar-refractivity contribution in [3.63, 3.8) is 0 Å². The third kappa shape index (κ3) is 4.40. The van der Waals surface area contributed by atoms with Crippen LogP contribution in [0.2, 0.25) is 0 Å². The Kier molecular flexibility index (Phi) is 6.03. The van der Waals surface area contributed by atoms with Crippen molar-refractivity contribution in [3.8, 4) is 11.1 Å². The Hall–Kier alpha value is -3.55. The van der Waals surface area contributed by atoms with Crippen LogP contribution in [0.15, 0.2) is 59.5 Å². The zero-order valence-electron chi connectivity index (χ0n) is 20.8. The highest BCUT2D eigenvalue weighted by molar-refractivity contribution is 5.82. The van der Waals surface area contributed by atoms with Crippen LogP contribution < -0.4 is 16.2 Å². The number of anilines is 2. The van der Waals surface area contributed by atoms with Crippen molar-refractivity contribution < 1.29 is 4.74 Å². The SMILES string of the molecule is CCn1c(=O)c(-c2ccc(C3CC3)cc2C)cc2cnc(Nc3ccc(C4CNCCO4)cc3)nc21. The Morgan fingerprint density at radius 3 is 2.58 bits per heavy atom. The fourth-order valence-corrected chi connectivity index (χ4v) is 5.05. The van der Waals surface area contributed by atoms with Crippen molar-refractivity contribution in [2.24, 2.45) is 0 Å². The van der Waals surface area contributed by atoms with Gasteiger partial charge in [0.25, 0.3) is 5.56 Å². The van der Waals surface area contributed by atoms with Crippen molar-refractivity contribution in [2.75, 3.05) is 25.0 Å². The molecule has 0 spiro atoms. The predicted octanol–water partition coefficient (Wildman–Crippen LogP) is 5.07. The fraction of sp³-hybridized carbons (Fsp3) is 0.345. The van der Waals surface area contributed by atoms with Crippen LogP contribution in [-0.2, 0) is 11.3 Å².